The monoisotopic (exact) mass is 426 g/mol. The first-order valence-electron chi connectivity index (χ1n) is 10.6. The van der Waals surface area contributed by atoms with Crippen molar-refractivity contribution in [3.05, 3.63) is 69.9 Å². The molecule has 1 N–H and O–H groups in total. The molecular weight excluding hydrogens is 396 g/mol. The van der Waals surface area contributed by atoms with Gasteiger partial charge in [0.25, 0.3) is 0 Å². The molecule has 0 amide bonds. The third-order valence-electron chi connectivity index (χ3n) is 6.73. The number of rotatable bonds is 5. The first kappa shape index (κ1) is 20.8. The Hall–Kier alpha value is -1.42. The number of nitrogens with one attached hydrogen (secondary N) is 1. The van der Waals surface area contributed by atoms with Crippen LogP contribution in [0.4, 0.5) is 5.69 Å². The lowest BCUT2D eigenvalue weighted by Gasteiger charge is -2.40. The van der Waals surface area contributed by atoms with Crippen molar-refractivity contribution in [2.45, 2.75) is 49.8 Å². The highest BCUT2D eigenvalue weighted by Gasteiger charge is 2.44. The molecule has 29 heavy (non-hydrogen) atoms. The molecule has 0 saturated carbocycles. The number of aryl methyl sites for hydroxylation is 3. The summed E-state index contributed by atoms with van der Waals surface area (Å²) in [6.07, 6.45) is 6.77. The standard InChI is InChI=1S/C25H31ClN2S/c1-17-14-20(15-18(2)24(17)29-4)6-5-11-28-12-9-25(10-13-28)19(3)27-23-8-7-21(26)16-22(23)25/h7-8,14-16,27H,3,5-6,9-13H2,1-2,4H3. The number of hydrogen-bond acceptors (Lipinski definition) is 3. The maximum absolute atomic E-state index is 6.30. The minimum Gasteiger partial charge on any atom is -0.358 e. The van der Waals surface area contributed by atoms with Gasteiger partial charge in [0.1, 0.15) is 0 Å². The van der Waals surface area contributed by atoms with E-state index in [1.165, 1.54) is 45.8 Å². The molecule has 0 bridgehead atoms. The number of likely N-dealkylation sites (tertiary alicyclic amines) is 1. The summed E-state index contributed by atoms with van der Waals surface area (Å²) in [7, 11) is 0. The van der Waals surface area contributed by atoms with Crippen LogP contribution >= 0.6 is 23.4 Å². The number of piperidine rings is 1. The number of benzene rings is 2. The maximum atomic E-state index is 6.30. The SMILES string of the molecule is C=C1Nc2ccc(Cl)cc2C12CCN(CCCc1cc(C)c(SC)c(C)c1)CC2. The lowest BCUT2D eigenvalue weighted by Crippen LogP contribution is -2.43. The average molecular weight is 427 g/mol. The lowest BCUT2D eigenvalue weighted by atomic mass is 9.72. The lowest BCUT2D eigenvalue weighted by molar-refractivity contribution is 0.179. The fourth-order valence-electron chi connectivity index (χ4n) is 5.21. The quantitative estimate of drug-likeness (QED) is 0.543. The van der Waals surface area contributed by atoms with Gasteiger partial charge in [-0.3, -0.25) is 0 Å². The van der Waals surface area contributed by atoms with Crippen LogP contribution in [0.3, 0.4) is 0 Å². The zero-order valence-electron chi connectivity index (χ0n) is 17.8. The van der Waals surface area contributed by atoms with E-state index in [2.05, 4.69) is 61.2 Å². The Morgan fingerprint density at radius 2 is 1.83 bits per heavy atom. The number of nitrogens with zero attached hydrogens (tertiary/aromatic N) is 1. The Morgan fingerprint density at radius 3 is 2.48 bits per heavy atom. The molecular formula is C25H31ClN2S. The van der Waals surface area contributed by atoms with Crippen LogP contribution in [0, 0.1) is 13.8 Å². The molecule has 0 aliphatic carbocycles. The fraction of sp³-hybridized carbons (Fsp3) is 0.440. The Labute approximate surface area is 184 Å². The van der Waals surface area contributed by atoms with E-state index < -0.39 is 0 Å². The molecule has 2 aliphatic rings. The molecule has 0 aromatic heterocycles. The summed E-state index contributed by atoms with van der Waals surface area (Å²) >= 11 is 8.15. The van der Waals surface area contributed by atoms with Crippen molar-refractivity contribution in [1.29, 1.82) is 0 Å². The molecule has 0 atom stereocenters. The minimum atomic E-state index is 0.0542. The number of thioether (sulfide) groups is 1. The number of allylic oxidation sites excluding steroid dienone is 1. The topological polar surface area (TPSA) is 15.3 Å². The number of anilines is 1. The zero-order chi connectivity index (χ0) is 20.6. The van der Waals surface area contributed by atoms with Crippen LogP contribution in [0.1, 0.15) is 41.5 Å². The molecule has 0 radical (unpaired) electrons. The molecule has 4 rings (SSSR count). The van der Waals surface area contributed by atoms with Gasteiger partial charge in [0.15, 0.2) is 0 Å². The highest BCUT2D eigenvalue weighted by Crippen LogP contribution is 2.50. The van der Waals surface area contributed by atoms with Gasteiger partial charge in [-0.1, -0.05) is 30.3 Å². The minimum absolute atomic E-state index is 0.0542. The predicted octanol–water partition coefficient (Wildman–Crippen LogP) is 6.58. The van der Waals surface area contributed by atoms with E-state index in [-0.39, 0.29) is 5.41 Å². The fourth-order valence-corrected chi connectivity index (χ4v) is 6.14. The van der Waals surface area contributed by atoms with E-state index in [0.717, 1.165) is 43.1 Å². The van der Waals surface area contributed by atoms with E-state index in [1.54, 1.807) is 0 Å². The van der Waals surface area contributed by atoms with E-state index in [0.29, 0.717) is 0 Å². The number of fused-ring (bicyclic) bond motifs is 2. The van der Waals surface area contributed by atoms with Crippen LogP contribution in [0.15, 0.2) is 47.5 Å². The van der Waals surface area contributed by atoms with Gasteiger partial charge in [0.2, 0.25) is 0 Å². The van der Waals surface area contributed by atoms with Gasteiger partial charge in [0.05, 0.1) is 0 Å². The first-order chi connectivity index (χ1) is 13.9. The van der Waals surface area contributed by atoms with E-state index >= 15 is 0 Å². The Kier molecular flexibility index (Phi) is 6.02. The molecule has 2 aromatic carbocycles. The summed E-state index contributed by atoms with van der Waals surface area (Å²) in [4.78, 5) is 4.05. The van der Waals surface area contributed by atoms with Crippen molar-refractivity contribution in [1.82, 2.24) is 4.90 Å². The van der Waals surface area contributed by atoms with Crippen LogP contribution in [-0.4, -0.2) is 30.8 Å². The van der Waals surface area contributed by atoms with E-state index in [4.69, 9.17) is 11.6 Å². The van der Waals surface area contributed by atoms with Crippen molar-refractivity contribution < 1.29 is 0 Å². The smallest absolute Gasteiger partial charge is 0.0425 e. The van der Waals surface area contributed by atoms with Gasteiger partial charge in [-0.25, -0.2) is 0 Å². The van der Waals surface area contributed by atoms with Crippen LogP contribution in [0.5, 0.6) is 0 Å². The van der Waals surface area contributed by atoms with Gasteiger partial charge < -0.3 is 10.2 Å². The maximum Gasteiger partial charge on any atom is 0.0425 e. The van der Waals surface area contributed by atoms with Crippen LogP contribution in [0.25, 0.3) is 0 Å². The van der Waals surface area contributed by atoms with Crippen molar-refractivity contribution in [2.75, 3.05) is 31.2 Å². The molecule has 0 unspecified atom stereocenters. The van der Waals surface area contributed by atoms with Gasteiger partial charge in [-0.2, -0.15) is 0 Å². The molecule has 2 heterocycles. The van der Waals surface area contributed by atoms with Gasteiger partial charge in [-0.05, 0) is 106 Å². The average Bonchev–Trinajstić information content (AvgIpc) is 2.94. The van der Waals surface area contributed by atoms with Gasteiger partial charge >= 0.3 is 0 Å². The van der Waals surface area contributed by atoms with Crippen molar-refractivity contribution in [3.8, 4) is 0 Å². The van der Waals surface area contributed by atoms with E-state index in [1.807, 2.05) is 17.8 Å². The third kappa shape index (κ3) is 3.97. The third-order valence-corrected chi connectivity index (χ3v) is 8.02. The predicted molar refractivity (Wildman–Crippen MR) is 128 cm³/mol. The van der Waals surface area contributed by atoms with Crippen LogP contribution in [-0.2, 0) is 11.8 Å². The zero-order valence-corrected chi connectivity index (χ0v) is 19.3. The highest BCUT2D eigenvalue weighted by atomic mass is 35.5. The Morgan fingerprint density at radius 1 is 1.14 bits per heavy atom. The first-order valence-corrected chi connectivity index (χ1v) is 12.2. The molecule has 2 aliphatic heterocycles. The summed E-state index contributed by atoms with van der Waals surface area (Å²) in [6.45, 7) is 12.2. The largest absolute Gasteiger partial charge is 0.358 e. The van der Waals surface area contributed by atoms with Crippen molar-refractivity contribution >= 4 is 29.1 Å². The van der Waals surface area contributed by atoms with Crippen LogP contribution in [0.2, 0.25) is 5.02 Å². The Bertz CT molecular complexity index is 905. The van der Waals surface area contributed by atoms with Crippen molar-refractivity contribution in [3.63, 3.8) is 0 Å². The molecule has 2 nitrogen and oxygen atoms in total. The normalized spacial score (nSPS) is 18.1. The van der Waals surface area contributed by atoms with Crippen LogP contribution < -0.4 is 5.32 Å². The number of hydrogen-bond donors (Lipinski definition) is 1. The molecule has 154 valence electrons. The molecule has 1 fully saturated rings. The van der Waals surface area contributed by atoms with E-state index in [9.17, 15) is 0 Å². The second-order valence-electron chi connectivity index (χ2n) is 8.58. The van der Waals surface area contributed by atoms with Crippen molar-refractivity contribution in [2.24, 2.45) is 0 Å². The second-order valence-corrected chi connectivity index (χ2v) is 9.84. The molecule has 4 heteroatoms. The summed E-state index contributed by atoms with van der Waals surface area (Å²) < 4.78 is 0. The Balaban J connectivity index is 1.35. The summed E-state index contributed by atoms with van der Waals surface area (Å²) in [5.41, 5.74) is 8.03. The molecule has 1 saturated heterocycles. The summed E-state index contributed by atoms with van der Waals surface area (Å²) in [5.74, 6) is 0. The molecule has 1 spiro atoms. The summed E-state index contributed by atoms with van der Waals surface area (Å²) in [6, 6.07) is 10.9. The van der Waals surface area contributed by atoms with Gasteiger partial charge in [0, 0.05) is 26.7 Å². The summed E-state index contributed by atoms with van der Waals surface area (Å²) in [5, 5.41) is 4.33. The van der Waals surface area contributed by atoms with Gasteiger partial charge in [-0.15, -0.1) is 11.8 Å². The molecule has 2 aromatic rings. The number of halogens is 1. The second kappa shape index (κ2) is 8.37. The highest BCUT2D eigenvalue weighted by molar-refractivity contribution is 7.98.